The molecule has 1 aromatic carbocycles. The van der Waals surface area contributed by atoms with Crippen molar-refractivity contribution in [3.8, 4) is 17.6 Å². The zero-order chi connectivity index (χ0) is 23.8. The minimum Gasteiger partial charge on any atom is -0.490 e. The minimum atomic E-state index is 0.378. The highest BCUT2D eigenvalue weighted by molar-refractivity contribution is 5.45. The third-order valence-corrected chi connectivity index (χ3v) is 4.34. The van der Waals surface area contributed by atoms with Crippen LogP contribution in [0.25, 0.3) is 0 Å². The minimum absolute atomic E-state index is 0.378. The number of methoxy groups -OCH3 is 1. The molecule has 0 aliphatic rings. The third-order valence-electron chi connectivity index (χ3n) is 4.34. The molecule has 0 aliphatic carbocycles. The van der Waals surface area contributed by atoms with Gasteiger partial charge in [0, 0.05) is 13.5 Å². The van der Waals surface area contributed by atoms with Crippen molar-refractivity contribution in [3.63, 3.8) is 0 Å². The van der Waals surface area contributed by atoms with Gasteiger partial charge in [0.1, 0.15) is 12.4 Å². The van der Waals surface area contributed by atoms with Gasteiger partial charge < -0.3 is 33.2 Å². The van der Waals surface area contributed by atoms with Crippen molar-refractivity contribution in [2.45, 2.75) is 13.3 Å². The first-order valence-electron chi connectivity index (χ1n) is 11.5. The molecule has 0 bridgehead atoms. The van der Waals surface area contributed by atoms with Crippen molar-refractivity contribution in [3.05, 3.63) is 42.5 Å². The highest BCUT2D eigenvalue weighted by Gasteiger charge is 2.00. The summed E-state index contributed by atoms with van der Waals surface area (Å²) in [5.74, 6) is 7.50. The van der Waals surface area contributed by atoms with Crippen molar-refractivity contribution < 1.29 is 33.2 Å². The van der Waals surface area contributed by atoms with Crippen LogP contribution < -0.4 is 4.74 Å². The van der Waals surface area contributed by atoms with Crippen LogP contribution in [0.2, 0.25) is 0 Å². The second-order valence-corrected chi connectivity index (χ2v) is 7.12. The van der Waals surface area contributed by atoms with Crippen molar-refractivity contribution >= 4 is 0 Å². The summed E-state index contributed by atoms with van der Waals surface area (Å²) in [7, 11) is 1.65. The topological polar surface area (TPSA) is 64.6 Å². The van der Waals surface area contributed by atoms with E-state index < -0.39 is 0 Å². The number of ether oxygens (including phenoxy) is 7. The zero-order valence-electron chi connectivity index (χ0n) is 20.2. The first-order chi connectivity index (χ1) is 16.3. The van der Waals surface area contributed by atoms with Crippen LogP contribution >= 0.6 is 0 Å². The Morgan fingerprint density at radius 1 is 0.758 bits per heavy atom. The molecule has 0 radical (unpaired) electrons. The predicted octanol–water partition coefficient (Wildman–Crippen LogP) is 3.36. The molecule has 0 saturated carbocycles. The fourth-order valence-electron chi connectivity index (χ4n) is 2.42. The monoisotopic (exact) mass is 464 g/mol. The molecule has 0 aliphatic heterocycles. The molecule has 0 fully saturated rings. The molecule has 1 aromatic rings. The van der Waals surface area contributed by atoms with Crippen molar-refractivity contribution in [2.24, 2.45) is 5.92 Å². The lowest BCUT2D eigenvalue weighted by Gasteiger charge is -2.09. The summed E-state index contributed by atoms with van der Waals surface area (Å²) in [6, 6.07) is 7.78. The predicted molar refractivity (Wildman–Crippen MR) is 129 cm³/mol. The van der Waals surface area contributed by atoms with E-state index in [1.165, 1.54) is 0 Å². The molecule has 0 heterocycles. The lowest BCUT2D eigenvalue weighted by atomic mass is 10.1. The van der Waals surface area contributed by atoms with E-state index in [0.29, 0.717) is 85.2 Å². The van der Waals surface area contributed by atoms with Gasteiger partial charge in [-0.3, -0.25) is 0 Å². The van der Waals surface area contributed by atoms with Gasteiger partial charge in [-0.1, -0.05) is 37.0 Å². The average Bonchev–Trinajstić information content (AvgIpc) is 2.84. The second-order valence-electron chi connectivity index (χ2n) is 7.12. The van der Waals surface area contributed by atoms with E-state index >= 15 is 0 Å². The van der Waals surface area contributed by atoms with Gasteiger partial charge in [-0.2, -0.15) is 0 Å². The Hall–Kier alpha value is -1.92. The van der Waals surface area contributed by atoms with Crippen molar-refractivity contribution in [2.75, 3.05) is 86.4 Å². The van der Waals surface area contributed by atoms with Gasteiger partial charge in [0.25, 0.3) is 0 Å². The SMILES string of the molecule is C=CC(C)CC#Cc1ccccc1OCCOCCOCCOCCOCCOCCOC. The lowest BCUT2D eigenvalue weighted by Crippen LogP contribution is -2.14. The number of hydrogen-bond donors (Lipinski definition) is 0. The summed E-state index contributed by atoms with van der Waals surface area (Å²) < 4.78 is 37.9. The Bertz CT molecular complexity index is 654. The van der Waals surface area contributed by atoms with E-state index in [-0.39, 0.29) is 0 Å². The number of hydrogen-bond acceptors (Lipinski definition) is 7. The number of rotatable bonds is 21. The molecule has 1 unspecified atom stereocenters. The molecule has 0 aromatic heterocycles. The molecule has 0 spiro atoms. The fourth-order valence-corrected chi connectivity index (χ4v) is 2.42. The summed E-state index contributed by atoms with van der Waals surface area (Å²) in [5, 5.41) is 0. The molecule has 33 heavy (non-hydrogen) atoms. The molecule has 0 amide bonds. The second kappa shape index (κ2) is 21.9. The Balaban J connectivity index is 1.93. The normalized spacial score (nSPS) is 11.6. The summed E-state index contributed by atoms with van der Waals surface area (Å²) >= 11 is 0. The third kappa shape index (κ3) is 17.3. The molecule has 1 atom stereocenters. The van der Waals surface area contributed by atoms with Crippen LogP contribution in [-0.4, -0.2) is 86.4 Å². The van der Waals surface area contributed by atoms with Crippen LogP contribution in [0.15, 0.2) is 36.9 Å². The standard InChI is InChI=1S/C26H40O7/c1-4-24(2)8-7-10-25-9-5-6-11-26(25)33-23-22-32-21-20-31-19-18-30-17-16-29-15-14-28-13-12-27-3/h4-6,9,11,24H,1,8,12-23H2,2-3H3. The molecular formula is C26H40O7. The molecule has 0 saturated heterocycles. The maximum atomic E-state index is 5.81. The van der Waals surface area contributed by atoms with E-state index in [2.05, 4.69) is 25.3 Å². The van der Waals surface area contributed by atoms with Crippen molar-refractivity contribution in [1.82, 2.24) is 0 Å². The maximum absolute atomic E-state index is 5.81. The largest absolute Gasteiger partial charge is 0.490 e. The highest BCUT2D eigenvalue weighted by Crippen LogP contribution is 2.16. The van der Waals surface area contributed by atoms with Gasteiger partial charge in [0.05, 0.1) is 78.2 Å². The Labute approximate surface area is 199 Å². The van der Waals surface area contributed by atoms with Crippen LogP contribution in [0, 0.1) is 17.8 Å². The maximum Gasteiger partial charge on any atom is 0.135 e. The molecule has 7 nitrogen and oxygen atoms in total. The van der Waals surface area contributed by atoms with E-state index in [1.807, 2.05) is 30.3 Å². The molecule has 1 rings (SSSR count). The Morgan fingerprint density at radius 3 is 1.76 bits per heavy atom. The van der Waals surface area contributed by atoms with Gasteiger partial charge in [0.2, 0.25) is 0 Å². The highest BCUT2D eigenvalue weighted by atomic mass is 16.6. The summed E-state index contributed by atoms with van der Waals surface area (Å²) in [5.41, 5.74) is 0.887. The van der Waals surface area contributed by atoms with E-state index in [9.17, 15) is 0 Å². The Morgan fingerprint density at radius 2 is 1.24 bits per heavy atom. The molecule has 0 N–H and O–H groups in total. The van der Waals surface area contributed by atoms with E-state index in [1.54, 1.807) is 7.11 Å². The van der Waals surface area contributed by atoms with Crippen LogP contribution in [0.4, 0.5) is 0 Å². The van der Waals surface area contributed by atoms with Gasteiger partial charge in [-0.05, 0) is 18.1 Å². The first-order valence-corrected chi connectivity index (χ1v) is 11.5. The molecule has 7 heteroatoms. The number of benzene rings is 1. The number of para-hydroxylation sites is 1. The van der Waals surface area contributed by atoms with Gasteiger partial charge in [-0.15, -0.1) is 6.58 Å². The van der Waals surface area contributed by atoms with E-state index in [4.69, 9.17) is 33.2 Å². The molecule has 186 valence electrons. The molecular weight excluding hydrogens is 424 g/mol. The Kier molecular flexibility index (Phi) is 19.3. The zero-order valence-corrected chi connectivity index (χ0v) is 20.2. The van der Waals surface area contributed by atoms with Gasteiger partial charge in [0.15, 0.2) is 0 Å². The van der Waals surface area contributed by atoms with Crippen LogP contribution in [0.5, 0.6) is 5.75 Å². The summed E-state index contributed by atoms with van der Waals surface area (Å²) in [6.07, 6.45) is 2.69. The summed E-state index contributed by atoms with van der Waals surface area (Å²) in [4.78, 5) is 0. The van der Waals surface area contributed by atoms with Gasteiger partial charge in [-0.25, -0.2) is 0 Å². The van der Waals surface area contributed by atoms with E-state index in [0.717, 1.165) is 17.7 Å². The lowest BCUT2D eigenvalue weighted by molar-refractivity contribution is -0.0159. The average molecular weight is 465 g/mol. The summed E-state index contributed by atoms with van der Waals surface area (Å²) in [6.45, 7) is 12.3. The quantitative estimate of drug-likeness (QED) is 0.157. The number of allylic oxidation sites excluding steroid dienone is 1. The van der Waals surface area contributed by atoms with Gasteiger partial charge >= 0.3 is 0 Å². The van der Waals surface area contributed by atoms with Crippen LogP contribution in [-0.2, 0) is 28.4 Å². The van der Waals surface area contributed by atoms with Crippen molar-refractivity contribution in [1.29, 1.82) is 0 Å². The smallest absolute Gasteiger partial charge is 0.135 e. The van der Waals surface area contributed by atoms with Crippen LogP contribution in [0.3, 0.4) is 0 Å². The van der Waals surface area contributed by atoms with Crippen LogP contribution in [0.1, 0.15) is 18.9 Å². The fraction of sp³-hybridized carbons (Fsp3) is 0.615. The first kappa shape index (κ1) is 29.1.